The number of pyridine rings is 1. The molecule has 22 heavy (non-hydrogen) atoms. The summed E-state index contributed by atoms with van der Waals surface area (Å²) in [5.41, 5.74) is 0.102. The Morgan fingerprint density at radius 1 is 1.41 bits per heavy atom. The molecule has 0 unspecified atom stereocenters. The van der Waals surface area contributed by atoms with Crippen molar-refractivity contribution in [2.45, 2.75) is 26.8 Å². The summed E-state index contributed by atoms with van der Waals surface area (Å²) in [6.07, 6.45) is 2.26. The number of aryl methyl sites for hydroxylation is 1. The van der Waals surface area contributed by atoms with E-state index in [1.807, 2.05) is 13.8 Å². The van der Waals surface area contributed by atoms with Crippen molar-refractivity contribution in [3.05, 3.63) is 39.3 Å². The first-order valence-corrected chi connectivity index (χ1v) is 7.87. The van der Waals surface area contributed by atoms with Crippen molar-refractivity contribution in [1.29, 1.82) is 0 Å². The minimum absolute atomic E-state index is 0.204. The van der Waals surface area contributed by atoms with E-state index < -0.39 is 0 Å². The van der Waals surface area contributed by atoms with Crippen LogP contribution in [0, 0.1) is 0 Å². The van der Waals surface area contributed by atoms with Gasteiger partial charge in [-0.05, 0) is 19.9 Å². The minimum Gasteiger partial charge on any atom is -0.381 e. The molecule has 7 nitrogen and oxygen atoms in total. The summed E-state index contributed by atoms with van der Waals surface area (Å²) in [5, 5.41) is 11.8. The largest absolute Gasteiger partial charge is 0.381 e. The lowest BCUT2D eigenvalue weighted by Crippen LogP contribution is -2.21. The Kier molecular flexibility index (Phi) is 5.79. The van der Waals surface area contributed by atoms with Crippen LogP contribution in [0.2, 0.25) is 0 Å². The molecule has 0 atom stereocenters. The molecule has 2 aromatic heterocycles. The van der Waals surface area contributed by atoms with Crippen LogP contribution in [0.1, 0.15) is 29.2 Å². The van der Waals surface area contributed by atoms with Crippen LogP contribution >= 0.6 is 11.3 Å². The average molecular weight is 322 g/mol. The highest BCUT2D eigenvalue weighted by molar-refractivity contribution is 7.15. The van der Waals surface area contributed by atoms with Crippen molar-refractivity contribution in [1.82, 2.24) is 14.8 Å². The zero-order chi connectivity index (χ0) is 15.9. The summed E-state index contributed by atoms with van der Waals surface area (Å²) in [4.78, 5) is 23.8. The average Bonchev–Trinajstić information content (AvgIpc) is 2.95. The molecule has 0 fully saturated rings. The third kappa shape index (κ3) is 4.22. The van der Waals surface area contributed by atoms with Gasteiger partial charge < -0.3 is 9.30 Å². The van der Waals surface area contributed by atoms with Gasteiger partial charge in [0.1, 0.15) is 5.01 Å². The molecule has 2 rings (SSSR count). The lowest BCUT2D eigenvalue weighted by atomic mass is 10.2. The maximum absolute atomic E-state index is 12.1. The molecule has 2 aromatic rings. The van der Waals surface area contributed by atoms with Crippen LogP contribution in [0.5, 0.6) is 0 Å². The second-order valence-corrected chi connectivity index (χ2v) is 5.50. The Labute approximate surface area is 132 Å². The van der Waals surface area contributed by atoms with Gasteiger partial charge in [-0.15, -0.1) is 10.2 Å². The first-order chi connectivity index (χ1) is 10.6. The SMILES string of the molecule is CCOCCc1nnc(NC(=O)c2ccn(CC)c(=O)c2)s1. The van der Waals surface area contributed by atoms with E-state index in [2.05, 4.69) is 15.5 Å². The third-order valence-corrected chi connectivity index (χ3v) is 3.85. The summed E-state index contributed by atoms with van der Waals surface area (Å²) in [7, 11) is 0. The molecule has 0 aliphatic carbocycles. The van der Waals surface area contributed by atoms with Gasteiger partial charge in [-0.2, -0.15) is 0 Å². The van der Waals surface area contributed by atoms with E-state index >= 15 is 0 Å². The number of carbonyl (C=O) groups is 1. The topological polar surface area (TPSA) is 86.1 Å². The first kappa shape index (κ1) is 16.3. The number of anilines is 1. The predicted molar refractivity (Wildman–Crippen MR) is 84.4 cm³/mol. The van der Waals surface area contributed by atoms with Crippen LogP contribution in [-0.2, 0) is 17.7 Å². The van der Waals surface area contributed by atoms with Gasteiger partial charge in [0.05, 0.1) is 6.61 Å². The molecule has 0 aliphatic heterocycles. The van der Waals surface area contributed by atoms with Crippen molar-refractivity contribution in [3.63, 3.8) is 0 Å². The van der Waals surface area contributed by atoms with Crippen molar-refractivity contribution in [2.24, 2.45) is 0 Å². The molecule has 1 N–H and O–H groups in total. The van der Waals surface area contributed by atoms with E-state index in [-0.39, 0.29) is 11.5 Å². The molecule has 0 aliphatic rings. The Balaban J connectivity index is 2.00. The van der Waals surface area contributed by atoms with E-state index in [0.717, 1.165) is 5.01 Å². The number of nitrogens with one attached hydrogen (secondary N) is 1. The summed E-state index contributed by atoms with van der Waals surface area (Å²) in [5.74, 6) is -0.368. The standard InChI is InChI=1S/C14H18N4O3S/c1-3-18-7-5-10(9-12(18)19)13(20)15-14-17-16-11(22-14)6-8-21-4-2/h5,7,9H,3-4,6,8H2,1-2H3,(H,15,17,20). The fraction of sp³-hybridized carbons (Fsp3) is 0.429. The molecule has 118 valence electrons. The fourth-order valence-corrected chi connectivity index (χ4v) is 2.50. The first-order valence-electron chi connectivity index (χ1n) is 7.06. The van der Waals surface area contributed by atoms with Crippen LogP contribution in [0.15, 0.2) is 23.1 Å². The smallest absolute Gasteiger partial charge is 0.257 e. The number of hydrogen-bond acceptors (Lipinski definition) is 6. The number of ether oxygens (including phenoxy) is 1. The van der Waals surface area contributed by atoms with E-state index in [1.54, 1.807) is 12.3 Å². The summed E-state index contributed by atoms with van der Waals surface area (Å²) in [6.45, 7) is 5.60. The van der Waals surface area contributed by atoms with Crippen molar-refractivity contribution < 1.29 is 9.53 Å². The van der Waals surface area contributed by atoms with Crippen molar-refractivity contribution in [3.8, 4) is 0 Å². The van der Waals surface area contributed by atoms with Crippen molar-refractivity contribution >= 4 is 22.4 Å². The van der Waals surface area contributed by atoms with Crippen LogP contribution in [0.25, 0.3) is 0 Å². The predicted octanol–water partition coefficient (Wildman–Crippen LogP) is 1.55. The fourth-order valence-electron chi connectivity index (χ4n) is 1.79. The molecular formula is C14H18N4O3S. The summed E-state index contributed by atoms with van der Waals surface area (Å²) in [6, 6.07) is 2.92. The second-order valence-electron chi connectivity index (χ2n) is 4.44. The van der Waals surface area contributed by atoms with Gasteiger partial charge in [0.2, 0.25) is 5.13 Å². The number of rotatable bonds is 7. The minimum atomic E-state index is -0.368. The molecule has 0 saturated heterocycles. The summed E-state index contributed by atoms with van der Waals surface area (Å²) < 4.78 is 6.77. The molecule has 0 radical (unpaired) electrons. The van der Waals surface area contributed by atoms with Crippen LogP contribution in [0.4, 0.5) is 5.13 Å². The molecule has 8 heteroatoms. The number of nitrogens with zero attached hydrogens (tertiary/aromatic N) is 3. The lowest BCUT2D eigenvalue weighted by molar-refractivity contribution is 0.102. The molecule has 0 spiro atoms. The van der Waals surface area contributed by atoms with E-state index in [4.69, 9.17) is 4.74 Å². The Morgan fingerprint density at radius 3 is 2.91 bits per heavy atom. The zero-order valence-corrected chi connectivity index (χ0v) is 13.4. The molecule has 0 aromatic carbocycles. The van der Waals surface area contributed by atoms with Crippen molar-refractivity contribution in [2.75, 3.05) is 18.5 Å². The van der Waals surface area contributed by atoms with Gasteiger partial charge in [-0.3, -0.25) is 14.9 Å². The Bertz CT molecular complexity index is 695. The number of aromatic nitrogens is 3. The highest BCUT2D eigenvalue weighted by Crippen LogP contribution is 2.16. The maximum atomic E-state index is 12.1. The summed E-state index contributed by atoms with van der Waals surface area (Å²) >= 11 is 1.30. The number of carbonyl (C=O) groups excluding carboxylic acids is 1. The normalized spacial score (nSPS) is 10.6. The van der Waals surface area contributed by atoms with Gasteiger partial charge >= 0.3 is 0 Å². The highest BCUT2D eigenvalue weighted by atomic mass is 32.1. The van der Waals surface area contributed by atoms with Gasteiger partial charge in [0.25, 0.3) is 11.5 Å². The lowest BCUT2D eigenvalue weighted by Gasteiger charge is -2.03. The van der Waals surface area contributed by atoms with Crippen LogP contribution in [0.3, 0.4) is 0 Å². The van der Waals surface area contributed by atoms with Gasteiger partial charge in [0.15, 0.2) is 0 Å². The molecule has 1 amide bonds. The van der Waals surface area contributed by atoms with E-state index in [9.17, 15) is 9.59 Å². The highest BCUT2D eigenvalue weighted by Gasteiger charge is 2.11. The van der Waals surface area contributed by atoms with Crippen LogP contribution < -0.4 is 10.9 Å². The van der Waals surface area contributed by atoms with E-state index in [1.165, 1.54) is 22.0 Å². The molecule has 0 saturated carbocycles. The number of amides is 1. The van der Waals surface area contributed by atoms with Gasteiger partial charge in [0, 0.05) is 37.4 Å². The molecule has 0 bridgehead atoms. The molecular weight excluding hydrogens is 304 g/mol. The molecule has 2 heterocycles. The van der Waals surface area contributed by atoms with Gasteiger partial charge in [-0.25, -0.2) is 0 Å². The monoisotopic (exact) mass is 322 g/mol. The maximum Gasteiger partial charge on any atom is 0.257 e. The number of hydrogen-bond donors (Lipinski definition) is 1. The van der Waals surface area contributed by atoms with E-state index in [0.29, 0.717) is 36.9 Å². The zero-order valence-electron chi connectivity index (χ0n) is 12.5. The Hall–Kier alpha value is -2.06. The third-order valence-electron chi connectivity index (χ3n) is 2.95. The quantitative estimate of drug-likeness (QED) is 0.782. The van der Waals surface area contributed by atoms with Crippen LogP contribution in [-0.4, -0.2) is 33.9 Å². The van der Waals surface area contributed by atoms with Gasteiger partial charge in [-0.1, -0.05) is 11.3 Å². The second kappa shape index (κ2) is 7.81. The Morgan fingerprint density at radius 2 is 2.23 bits per heavy atom.